The minimum atomic E-state index is -2.81. The molecule has 2 rings (SSSR count). The van der Waals surface area contributed by atoms with Gasteiger partial charge in [-0.3, -0.25) is 4.79 Å². The van der Waals surface area contributed by atoms with Gasteiger partial charge in [-0.1, -0.05) is 5.16 Å². The van der Waals surface area contributed by atoms with Crippen LogP contribution >= 0.6 is 0 Å². The van der Waals surface area contributed by atoms with Crippen molar-refractivity contribution in [2.24, 2.45) is 0 Å². The summed E-state index contributed by atoms with van der Waals surface area (Å²) in [5.41, 5.74) is 1.05. The van der Waals surface area contributed by atoms with E-state index < -0.39 is 18.4 Å². The highest BCUT2D eigenvalue weighted by Crippen LogP contribution is 2.22. The Bertz CT molecular complexity index is 613. The fraction of sp³-hybridized carbons (Fsp3) is 0.308. The molecule has 6 nitrogen and oxygen atoms in total. The molecule has 1 aromatic carbocycles. The number of halogens is 2. The zero-order chi connectivity index (χ0) is 15.4. The predicted molar refractivity (Wildman–Crippen MR) is 69.8 cm³/mol. The summed E-state index contributed by atoms with van der Waals surface area (Å²) in [5, 5.41) is 6.11. The maximum atomic E-state index is 12.4. The van der Waals surface area contributed by atoms with Crippen LogP contribution in [0.2, 0.25) is 0 Å². The number of rotatable bonds is 5. The van der Waals surface area contributed by atoms with Crippen molar-refractivity contribution in [2.75, 3.05) is 12.4 Å². The van der Waals surface area contributed by atoms with Crippen LogP contribution in [-0.4, -0.2) is 29.3 Å². The van der Waals surface area contributed by atoms with Gasteiger partial charge < -0.3 is 14.6 Å². The normalized spacial score (nSPS) is 12.4. The van der Waals surface area contributed by atoms with Crippen LogP contribution in [0, 0.1) is 0 Å². The van der Waals surface area contributed by atoms with Crippen LogP contribution < -0.4 is 5.32 Å². The Balaban J connectivity index is 2.09. The minimum Gasteiger partial charge on any atom is -0.372 e. The summed E-state index contributed by atoms with van der Waals surface area (Å²) in [6.45, 7) is 1.62. The zero-order valence-corrected chi connectivity index (χ0v) is 11.3. The molecule has 0 aliphatic heterocycles. The van der Waals surface area contributed by atoms with Crippen molar-refractivity contribution in [1.29, 1.82) is 0 Å². The fourth-order valence-electron chi connectivity index (χ4n) is 1.49. The Kier molecular flexibility index (Phi) is 4.59. The van der Waals surface area contributed by atoms with Gasteiger partial charge in [0.25, 0.3) is 11.8 Å². The molecule has 1 atom stereocenters. The number of carbonyl (C=O) groups excluding carboxylic acids is 1. The molecule has 1 heterocycles. The summed E-state index contributed by atoms with van der Waals surface area (Å²) in [7, 11) is 1.43. The van der Waals surface area contributed by atoms with Gasteiger partial charge in [-0.15, -0.1) is 0 Å². The van der Waals surface area contributed by atoms with E-state index in [4.69, 9.17) is 4.74 Å². The maximum Gasteiger partial charge on any atom is 0.315 e. The third kappa shape index (κ3) is 3.60. The highest BCUT2D eigenvalue weighted by molar-refractivity contribution is 5.94. The predicted octanol–water partition coefficient (Wildman–Crippen LogP) is 2.65. The molecule has 2 aromatic rings. The molecule has 112 valence electrons. The number of carbonyl (C=O) groups is 1. The standard InChI is InChI=1S/C13H13F2N3O3/c1-7(20-2)12(19)16-9-5-3-8(4-6-9)11-17-13(10(14)15)21-18-11/h3-7,10H,1-2H3,(H,16,19)/t7-/m0/s1. The Morgan fingerprint density at radius 2 is 2.00 bits per heavy atom. The van der Waals surface area contributed by atoms with Crippen molar-refractivity contribution in [3.05, 3.63) is 30.2 Å². The number of amides is 1. The molecule has 1 aromatic heterocycles. The summed E-state index contributed by atoms with van der Waals surface area (Å²) in [5.74, 6) is -0.950. The lowest BCUT2D eigenvalue weighted by atomic mass is 10.2. The van der Waals surface area contributed by atoms with Gasteiger partial charge in [0.05, 0.1) is 0 Å². The molecule has 8 heteroatoms. The number of nitrogens with zero attached hydrogens (tertiary/aromatic N) is 2. The molecule has 0 unspecified atom stereocenters. The largest absolute Gasteiger partial charge is 0.372 e. The number of hydrogen-bond acceptors (Lipinski definition) is 5. The first kappa shape index (κ1) is 15.0. The van der Waals surface area contributed by atoms with Gasteiger partial charge in [-0.05, 0) is 31.2 Å². The molecular formula is C13H13F2N3O3. The second-order valence-corrected chi connectivity index (χ2v) is 4.20. The van der Waals surface area contributed by atoms with E-state index in [2.05, 4.69) is 20.0 Å². The van der Waals surface area contributed by atoms with Crippen molar-refractivity contribution < 1.29 is 22.8 Å². The van der Waals surface area contributed by atoms with Gasteiger partial charge in [-0.2, -0.15) is 13.8 Å². The lowest BCUT2D eigenvalue weighted by Crippen LogP contribution is -2.26. The molecule has 1 amide bonds. The number of hydrogen-bond donors (Lipinski definition) is 1. The van der Waals surface area contributed by atoms with Gasteiger partial charge in [0.1, 0.15) is 6.10 Å². The molecule has 0 saturated carbocycles. The molecule has 0 bridgehead atoms. The van der Waals surface area contributed by atoms with Crippen LogP contribution in [0.5, 0.6) is 0 Å². The first-order chi connectivity index (χ1) is 10.0. The monoisotopic (exact) mass is 297 g/mol. The Labute approximate surface area is 119 Å². The van der Waals surface area contributed by atoms with E-state index in [1.54, 1.807) is 31.2 Å². The molecule has 0 spiro atoms. The van der Waals surface area contributed by atoms with E-state index in [-0.39, 0.29) is 11.7 Å². The number of anilines is 1. The number of benzene rings is 1. The molecule has 0 aliphatic carbocycles. The van der Waals surface area contributed by atoms with Crippen LogP contribution in [0.3, 0.4) is 0 Å². The van der Waals surface area contributed by atoms with Gasteiger partial charge in [-0.25, -0.2) is 0 Å². The van der Waals surface area contributed by atoms with Crippen molar-refractivity contribution in [3.63, 3.8) is 0 Å². The van der Waals surface area contributed by atoms with Crippen molar-refractivity contribution in [2.45, 2.75) is 19.5 Å². The van der Waals surface area contributed by atoms with Gasteiger partial charge >= 0.3 is 6.43 Å². The SMILES string of the molecule is CO[C@@H](C)C(=O)Nc1ccc(-c2noc(C(F)F)n2)cc1. The first-order valence-electron chi connectivity index (χ1n) is 6.07. The van der Waals surface area contributed by atoms with E-state index in [0.29, 0.717) is 11.3 Å². The highest BCUT2D eigenvalue weighted by atomic mass is 19.3. The summed E-state index contributed by atoms with van der Waals surface area (Å²) in [6.07, 6.45) is -3.38. The third-order valence-electron chi connectivity index (χ3n) is 2.76. The minimum absolute atomic E-state index is 0.0634. The Hall–Kier alpha value is -2.35. The topological polar surface area (TPSA) is 77.2 Å². The summed E-state index contributed by atoms with van der Waals surface area (Å²) >= 11 is 0. The second kappa shape index (κ2) is 6.40. The summed E-state index contributed by atoms with van der Waals surface area (Å²) in [6, 6.07) is 6.39. The summed E-state index contributed by atoms with van der Waals surface area (Å²) < 4.78 is 34.0. The average Bonchev–Trinajstić information content (AvgIpc) is 2.97. The highest BCUT2D eigenvalue weighted by Gasteiger charge is 2.17. The van der Waals surface area contributed by atoms with E-state index in [9.17, 15) is 13.6 Å². The van der Waals surface area contributed by atoms with Crippen molar-refractivity contribution >= 4 is 11.6 Å². The van der Waals surface area contributed by atoms with E-state index in [1.165, 1.54) is 7.11 Å². The van der Waals surface area contributed by atoms with Crippen LogP contribution in [0.1, 0.15) is 19.2 Å². The molecule has 0 aliphatic rings. The molecule has 21 heavy (non-hydrogen) atoms. The number of methoxy groups -OCH3 is 1. The first-order valence-corrected chi connectivity index (χ1v) is 6.07. The third-order valence-corrected chi connectivity index (χ3v) is 2.76. The van der Waals surface area contributed by atoms with Crippen LogP contribution in [0.4, 0.5) is 14.5 Å². The van der Waals surface area contributed by atoms with Crippen molar-refractivity contribution in [3.8, 4) is 11.4 Å². The van der Waals surface area contributed by atoms with Gasteiger partial charge in [0, 0.05) is 18.4 Å². The number of alkyl halides is 2. The smallest absolute Gasteiger partial charge is 0.315 e. The zero-order valence-electron chi connectivity index (χ0n) is 11.3. The maximum absolute atomic E-state index is 12.4. The molecule has 0 fully saturated rings. The Morgan fingerprint density at radius 3 is 2.52 bits per heavy atom. The van der Waals surface area contributed by atoms with E-state index in [1.807, 2.05) is 0 Å². The number of ether oxygens (including phenoxy) is 1. The lowest BCUT2D eigenvalue weighted by molar-refractivity contribution is -0.124. The van der Waals surface area contributed by atoms with E-state index >= 15 is 0 Å². The average molecular weight is 297 g/mol. The molecule has 1 N–H and O–H groups in total. The molecule has 0 radical (unpaired) electrons. The molecular weight excluding hydrogens is 284 g/mol. The summed E-state index contributed by atoms with van der Waals surface area (Å²) in [4.78, 5) is 15.2. The van der Waals surface area contributed by atoms with Crippen molar-refractivity contribution in [1.82, 2.24) is 10.1 Å². The van der Waals surface area contributed by atoms with E-state index in [0.717, 1.165) is 0 Å². The van der Waals surface area contributed by atoms with Gasteiger partial charge in [0.2, 0.25) is 5.82 Å². The second-order valence-electron chi connectivity index (χ2n) is 4.20. The quantitative estimate of drug-likeness (QED) is 0.918. The van der Waals surface area contributed by atoms with Gasteiger partial charge in [0.15, 0.2) is 0 Å². The number of nitrogens with one attached hydrogen (secondary N) is 1. The lowest BCUT2D eigenvalue weighted by Gasteiger charge is -2.10. The van der Waals surface area contributed by atoms with Crippen LogP contribution in [-0.2, 0) is 9.53 Å². The Morgan fingerprint density at radius 1 is 1.33 bits per heavy atom. The number of aromatic nitrogens is 2. The fourth-order valence-corrected chi connectivity index (χ4v) is 1.49. The molecule has 0 saturated heterocycles. The van der Waals surface area contributed by atoms with Crippen LogP contribution in [0.25, 0.3) is 11.4 Å². The van der Waals surface area contributed by atoms with Crippen LogP contribution in [0.15, 0.2) is 28.8 Å².